The fourth-order valence-electron chi connectivity index (χ4n) is 1.97. The molecule has 0 aromatic carbocycles. The summed E-state index contributed by atoms with van der Waals surface area (Å²) >= 11 is 11.6. The molecule has 0 bridgehead atoms. The third-order valence-electron chi connectivity index (χ3n) is 2.83. The van der Waals surface area contributed by atoms with Crippen LogP contribution in [0.4, 0.5) is 0 Å². The van der Waals surface area contributed by atoms with Crippen molar-refractivity contribution in [2.75, 3.05) is 11.5 Å². The fourth-order valence-corrected chi connectivity index (χ4v) is 3.94. The van der Waals surface area contributed by atoms with Crippen molar-refractivity contribution in [1.29, 1.82) is 0 Å². The van der Waals surface area contributed by atoms with Crippen molar-refractivity contribution in [3.63, 3.8) is 0 Å². The van der Waals surface area contributed by atoms with Gasteiger partial charge in [0.05, 0.1) is 16.5 Å². The van der Waals surface area contributed by atoms with E-state index in [1.807, 2.05) is 0 Å². The van der Waals surface area contributed by atoms with Gasteiger partial charge in [0.2, 0.25) is 0 Å². The molecule has 1 amide bonds. The zero-order chi connectivity index (χ0) is 14.0. The average molecular weight is 323 g/mol. The molecular formula is C11H12Cl2N2O3S. The Labute approximate surface area is 121 Å². The quantitative estimate of drug-likeness (QED) is 0.841. The van der Waals surface area contributed by atoms with E-state index in [-0.39, 0.29) is 27.4 Å². The maximum absolute atomic E-state index is 12.0. The molecule has 1 aromatic rings. The Morgan fingerprint density at radius 1 is 1.37 bits per heavy atom. The first-order chi connectivity index (χ1) is 8.87. The number of halogens is 2. The largest absolute Gasteiger partial charge is 0.347 e. The Morgan fingerprint density at radius 2 is 2.11 bits per heavy atom. The molecule has 1 saturated heterocycles. The molecule has 0 spiro atoms. The van der Waals surface area contributed by atoms with Crippen LogP contribution in [0.25, 0.3) is 0 Å². The van der Waals surface area contributed by atoms with Crippen molar-refractivity contribution in [2.45, 2.75) is 18.9 Å². The minimum absolute atomic E-state index is 0.0112. The molecule has 1 N–H and O–H groups in total. The van der Waals surface area contributed by atoms with E-state index in [0.717, 1.165) is 0 Å². The lowest BCUT2D eigenvalue weighted by molar-refractivity contribution is 0.0933. The summed E-state index contributed by atoms with van der Waals surface area (Å²) < 4.78 is 23.0. The van der Waals surface area contributed by atoms with Crippen molar-refractivity contribution in [1.82, 2.24) is 10.3 Å². The average Bonchev–Trinajstić information content (AvgIpc) is 2.31. The van der Waals surface area contributed by atoms with Crippen LogP contribution in [-0.2, 0) is 9.84 Å². The van der Waals surface area contributed by atoms with E-state index in [1.54, 1.807) is 0 Å². The number of rotatable bonds is 2. The molecule has 2 heterocycles. The van der Waals surface area contributed by atoms with Gasteiger partial charge in [-0.25, -0.2) is 13.4 Å². The topological polar surface area (TPSA) is 76.1 Å². The van der Waals surface area contributed by atoms with Crippen LogP contribution < -0.4 is 5.32 Å². The summed E-state index contributed by atoms with van der Waals surface area (Å²) in [6.07, 6.45) is 1.17. The number of amides is 1. The monoisotopic (exact) mass is 322 g/mol. The number of aromatic nitrogens is 1. The maximum atomic E-state index is 12.0. The molecular weight excluding hydrogens is 311 g/mol. The maximum Gasteiger partial charge on any atom is 0.271 e. The molecule has 1 aliphatic heterocycles. The van der Waals surface area contributed by atoms with Gasteiger partial charge in [-0.1, -0.05) is 23.2 Å². The summed E-state index contributed by atoms with van der Waals surface area (Å²) in [7, 11) is -3.07. The van der Waals surface area contributed by atoms with Gasteiger partial charge in [-0.05, 0) is 25.0 Å². The van der Waals surface area contributed by atoms with Gasteiger partial charge in [0.1, 0.15) is 10.8 Å². The van der Waals surface area contributed by atoms with Crippen LogP contribution in [0.3, 0.4) is 0 Å². The molecule has 5 nitrogen and oxygen atoms in total. The van der Waals surface area contributed by atoms with Gasteiger partial charge in [0, 0.05) is 6.04 Å². The molecule has 0 radical (unpaired) electrons. The Kier molecular flexibility index (Phi) is 4.32. The normalized spacial score (nSPS) is 21.9. The van der Waals surface area contributed by atoms with Crippen molar-refractivity contribution in [2.24, 2.45) is 0 Å². The predicted octanol–water partition coefficient (Wildman–Crippen LogP) is 1.70. The highest BCUT2D eigenvalue weighted by Crippen LogP contribution is 2.18. The van der Waals surface area contributed by atoms with Crippen LogP contribution in [0, 0.1) is 0 Å². The van der Waals surface area contributed by atoms with E-state index in [1.165, 1.54) is 12.1 Å². The number of pyridine rings is 1. The van der Waals surface area contributed by atoms with Crippen molar-refractivity contribution < 1.29 is 13.2 Å². The van der Waals surface area contributed by atoms with E-state index in [2.05, 4.69) is 10.3 Å². The summed E-state index contributed by atoms with van der Waals surface area (Å²) in [6.45, 7) is 0. The Balaban J connectivity index is 2.11. The summed E-state index contributed by atoms with van der Waals surface area (Å²) in [5, 5.41) is 2.97. The smallest absolute Gasteiger partial charge is 0.271 e. The molecule has 1 fully saturated rings. The number of carbonyl (C=O) groups is 1. The second kappa shape index (κ2) is 5.64. The number of carbonyl (C=O) groups excluding carboxylic acids is 1. The molecule has 19 heavy (non-hydrogen) atoms. The number of nitrogens with zero attached hydrogens (tertiary/aromatic N) is 1. The van der Waals surface area contributed by atoms with Crippen LogP contribution in [0.1, 0.15) is 23.3 Å². The summed E-state index contributed by atoms with van der Waals surface area (Å²) in [4.78, 5) is 15.8. The van der Waals surface area contributed by atoms with E-state index in [0.29, 0.717) is 12.8 Å². The highest BCUT2D eigenvalue weighted by Gasteiger charge is 2.27. The standard InChI is InChI=1S/C11H12Cl2N2O3S/c12-8-3-4-9(13)15-10(8)11(16)14-7-2-1-5-19(17,18)6-7/h3-4,7H,1-2,5-6H2,(H,14,16). The van der Waals surface area contributed by atoms with Crippen molar-refractivity contribution >= 4 is 38.9 Å². The second-order valence-corrected chi connectivity index (χ2v) is 7.41. The van der Waals surface area contributed by atoms with E-state index >= 15 is 0 Å². The molecule has 1 aromatic heterocycles. The molecule has 0 saturated carbocycles. The fraction of sp³-hybridized carbons (Fsp3) is 0.455. The number of hydrogen-bond acceptors (Lipinski definition) is 4. The van der Waals surface area contributed by atoms with Crippen LogP contribution in [0.2, 0.25) is 10.2 Å². The SMILES string of the molecule is O=C(NC1CCCS(=O)(=O)C1)c1nc(Cl)ccc1Cl. The van der Waals surface area contributed by atoms with Gasteiger partial charge in [-0.3, -0.25) is 4.79 Å². The van der Waals surface area contributed by atoms with Gasteiger partial charge in [0.25, 0.3) is 5.91 Å². The first kappa shape index (κ1) is 14.6. The molecule has 0 aliphatic carbocycles. The van der Waals surface area contributed by atoms with Crippen molar-refractivity contribution in [3.05, 3.63) is 28.0 Å². The zero-order valence-electron chi connectivity index (χ0n) is 9.90. The van der Waals surface area contributed by atoms with Gasteiger partial charge in [-0.15, -0.1) is 0 Å². The van der Waals surface area contributed by atoms with E-state index < -0.39 is 21.8 Å². The third kappa shape index (κ3) is 3.81. The van der Waals surface area contributed by atoms with Crippen LogP contribution >= 0.6 is 23.2 Å². The van der Waals surface area contributed by atoms with Crippen LogP contribution in [0.5, 0.6) is 0 Å². The zero-order valence-corrected chi connectivity index (χ0v) is 12.2. The molecule has 104 valence electrons. The molecule has 1 unspecified atom stereocenters. The molecule has 2 rings (SSSR count). The second-order valence-electron chi connectivity index (χ2n) is 4.39. The predicted molar refractivity (Wildman–Crippen MR) is 73.4 cm³/mol. The van der Waals surface area contributed by atoms with E-state index in [4.69, 9.17) is 23.2 Å². The lowest BCUT2D eigenvalue weighted by Gasteiger charge is -2.22. The highest BCUT2D eigenvalue weighted by atomic mass is 35.5. The first-order valence-electron chi connectivity index (χ1n) is 5.71. The summed E-state index contributed by atoms with van der Waals surface area (Å²) in [5.74, 6) is -0.374. The summed E-state index contributed by atoms with van der Waals surface area (Å²) in [6, 6.07) is 2.55. The number of hydrogen-bond donors (Lipinski definition) is 1. The molecule has 1 aliphatic rings. The first-order valence-corrected chi connectivity index (χ1v) is 8.28. The number of sulfone groups is 1. The van der Waals surface area contributed by atoms with Gasteiger partial charge >= 0.3 is 0 Å². The third-order valence-corrected chi connectivity index (χ3v) is 5.16. The van der Waals surface area contributed by atoms with E-state index in [9.17, 15) is 13.2 Å². The lowest BCUT2D eigenvalue weighted by Crippen LogP contribution is -2.43. The van der Waals surface area contributed by atoms with Crippen LogP contribution in [0.15, 0.2) is 12.1 Å². The van der Waals surface area contributed by atoms with Crippen LogP contribution in [-0.4, -0.2) is 36.9 Å². The lowest BCUT2D eigenvalue weighted by atomic mass is 10.2. The minimum Gasteiger partial charge on any atom is -0.347 e. The minimum atomic E-state index is -3.07. The van der Waals surface area contributed by atoms with Crippen molar-refractivity contribution in [3.8, 4) is 0 Å². The number of nitrogens with one attached hydrogen (secondary N) is 1. The van der Waals surface area contributed by atoms with Gasteiger partial charge < -0.3 is 5.32 Å². The molecule has 8 heteroatoms. The Morgan fingerprint density at radius 3 is 2.79 bits per heavy atom. The highest BCUT2D eigenvalue weighted by molar-refractivity contribution is 7.91. The summed E-state index contributed by atoms with van der Waals surface area (Å²) in [5.41, 5.74) is 0.0112. The molecule has 1 atom stereocenters. The Hall–Kier alpha value is -0.850. The van der Waals surface area contributed by atoms with Gasteiger partial charge in [0.15, 0.2) is 9.84 Å². The van der Waals surface area contributed by atoms with Gasteiger partial charge in [-0.2, -0.15) is 0 Å². The Bertz CT molecular complexity index is 604.